The number of amides is 1. The first kappa shape index (κ1) is 10.00. The molecule has 0 spiro atoms. The second kappa shape index (κ2) is 4.76. The predicted molar refractivity (Wildman–Crippen MR) is 30.6 cm³/mol. The van der Waals surface area contributed by atoms with Gasteiger partial charge in [0.05, 0.1) is 0 Å². The molecule has 1 aliphatic rings. The molecule has 1 heterocycles. The van der Waals surface area contributed by atoms with Gasteiger partial charge in [-0.2, -0.15) is 0 Å². The van der Waals surface area contributed by atoms with E-state index >= 15 is 0 Å². The molecular weight excluding hydrogens is 165 g/mol. The van der Waals surface area contributed by atoms with Gasteiger partial charge in [0.25, 0.3) is 5.91 Å². The van der Waals surface area contributed by atoms with Gasteiger partial charge in [0.1, 0.15) is 5.76 Å². The van der Waals surface area contributed by atoms with E-state index in [1.165, 1.54) is 6.08 Å². The molecule has 0 aromatic heterocycles. The standard InChI is InChI=1S/C4H5NO2S.K/c1-3-2-4(6)5-8-7-3;/h2H,1H3,(H,5,6);/q;+1. The third-order valence-electron chi connectivity index (χ3n) is 0.650. The molecule has 0 atom stereocenters. The van der Waals surface area contributed by atoms with Gasteiger partial charge in [-0.3, -0.25) is 9.52 Å². The van der Waals surface area contributed by atoms with Gasteiger partial charge in [-0.05, 0) is 6.92 Å². The molecule has 44 valence electrons. The molecule has 0 saturated carbocycles. The van der Waals surface area contributed by atoms with Crippen molar-refractivity contribution >= 4 is 18.1 Å². The molecule has 0 unspecified atom stereocenters. The molecule has 0 aromatic carbocycles. The van der Waals surface area contributed by atoms with E-state index in [9.17, 15) is 4.79 Å². The summed E-state index contributed by atoms with van der Waals surface area (Å²) < 4.78 is 7.19. The van der Waals surface area contributed by atoms with Crippen LogP contribution in [0.3, 0.4) is 0 Å². The van der Waals surface area contributed by atoms with Gasteiger partial charge in [-0.1, -0.05) is 0 Å². The van der Waals surface area contributed by atoms with Gasteiger partial charge in [-0.15, -0.1) is 0 Å². The number of carbonyl (C=O) groups is 1. The van der Waals surface area contributed by atoms with Crippen molar-refractivity contribution in [3.63, 3.8) is 0 Å². The van der Waals surface area contributed by atoms with E-state index in [2.05, 4.69) is 4.72 Å². The third-order valence-corrected chi connectivity index (χ3v) is 1.28. The Morgan fingerprint density at radius 2 is 2.44 bits per heavy atom. The van der Waals surface area contributed by atoms with Crippen molar-refractivity contribution in [2.45, 2.75) is 6.92 Å². The molecule has 0 bridgehead atoms. The maximum absolute atomic E-state index is 10.4. The first-order valence-electron chi connectivity index (χ1n) is 2.11. The summed E-state index contributed by atoms with van der Waals surface area (Å²) in [6, 6.07) is 0. The maximum Gasteiger partial charge on any atom is 1.00 e. The SMILES string of the molecule is CC1=CC(=O)NSO1.[K+]. The number of hydrogen-bond donors (Lipinski definition) is 1. The smallest absolute Gasteiger partial charge is 0.410 e. The van der Waals surface area contributed by atoms with Crippen LogP contribution in [0.2, 0.25) is 0 Å². The molecule has 9 heavy (non-hydrogen) atoms. The van der Waals surface area contributed by atoms with Crippen LogP contribution in [0.25, 0.3) is 0 Å². The van der Waals surface area contributed by atoms with Crippen LogP contribution < -0.4 is 56.1 Å². The molecule has 0 aliphatic carbocycles. The number of carbonyl (C=O) groups excluding carboxylic acids is 1. The Morgan fingerprint density at radius 3 is 2.78 bits per heavy atom. The fourth-order valence-corrected chi connectivity index (χ4v) is 0.728. The summed E-state index contributed by atoms with van der Waals surface area (Å²) in [5.41, 5.74) is 0. The van der Waals surface area contributed by atoms with Crippen LogP contribution >= 0.6 is 12.2 Å². The van der Waals surface area contributed by atoms with Crippen molar-refractivity contribution in [3.8, 4) is 0 Å². The molecule has 1 N–H and O–H groups in total. The second-order valence-electron chi connectivity index (χ2n) is 1.39. The summed E-state index contributed by atoms with van der Waals surface area (Å²) in [5, 5.41) is 0. The molecule has 5 heteroatoms. The molecule has 0 radical (unpaired) electrons. The fourth-order valence-electron chi connectivity index (χ4n) is 0.366. The van der Waals surface area contributed by atoms with Gasteiger partial charge in [0.2, 0.25) is 0 Å². The van der Waals surface area contributed by atoms with Crippen LogP contribution in [0.1, 0.15) is 6.92 Å². The molecule has 0 saturated heterocycles. The van der Waals surface area contributed by atoms with Gasteiger partial charge in [-0.25, -0.2) is 0 Å². The first-order chi connectivity index (χ1) is 3.79. The minimum atomic E-state index is -0.112. The van der Waals surface area contributed by atoms with E-state index < -0.39 is 0 Å². The van der Waals surface area contributed by atoms with Crippen LogP contribution in [0.5, 0.6) is 0 Å². The summed E-state index contributed by atoms with van der Waals surface area (Å²) >= 11 is 0.943. The Labute approximate surface area is 100 Å². The van der Waals surface area contributed by atoms with Crippen LogP contribution in [0, 0.1) is 0 Å². The molecule has 1 aliphatic heterocycles. The summed E-state index contributed by atoms with van der Waals surface area (Å²) in [4.78, 5) is 10.4. The second-order valence-corrected chi connectivity index (χ2v) is 1.93. The summed E-state index contributed by atoms with van der Waals surface area (Å²) in [7, 11) is 0. The Balaban J connectivity index is 0.000000640. The van der Waals surface area contributed by atoms with Gasteiger partial charge < -0.3 is 4.18 Å². The van der Waals surface area contributed by atoms with Crippen LogP contribution in [-0.4, -0.2) is 5.91 Å². The number of nitrogens with one attached hydrogen (secondary N) is 1. The van der Waals surface area contributed by atoms with E-state index in [4.69, 9.17) is 4.18 Å². The monoisotopic (exact) mass is 170 g/mol. The van der Waals surface area contributed by atoms with Crippen molar-refractivity contribution in [1.29, 1.82) is 0 Å². The zero-order chi connectivity index (χ0) is 5.98. The molecule has 0 fully saturated rings. The van der Waals surface area contributed by atoms with Crippen LogP contribution in [0.15, 0.2) is 11.8 Å². The van der Waals surface area contributed by atoms with E-state index in [1.807, 2.05) is 0 Å². The number of rotatable bonds is 0. The molecule has 1 amide bonds. The average molecular weight is 170 g/mol. The van der Waals surface area contributed by atoms with Gasteiger partial charge in [0.15, 0.2) is 12.2 Å². The minimum absolute atomic E-state index is 0. The minimum Gasteiger partial charge on any atom is -0.410 e. The predicted octanol–water partition coefficient (Wildman–Crippen LogP) is -2.40. The van der Waals surface area contributed by atoms with Crippen molar-refractivity contribution in [2.24, 2.45) is 0 Å². The third kappa shape index (κ3) is 3.64. The Hall–Kier alpha value is 0.996. The van der Waals surface area contributed by atoms with Crippen molar-refractivity contribution in [1.82, 2.24) is 4.72 Å². The Bertz CT molecular complexity index is 148. The molecule has 3 nitrogen and oxygen atoms in total. The maximum atomic E-state index is 10.4. The molecular formula is C4H5KNO2S+. The van der Waals surface area contributed by atoms with Crippen molar-refractivity contribution < 1.29 is 60.4 Å². The topological polar surface area (TPSA) is 38.3 Å². The summed E-state index contributed by atoms with van der Waals surface area (Å²) in [6.45, 7) is 1.73. The summed E-state index contributed by atoms with van der Waals surface area (Å²) in [6.07, 6.45) is 1.40. The molecule has 1 rings (SSSR count). The number of allylic oxidation sites excluding steroid dienone is 1. The van der Waals surface area contributed by atoms with E-state index in [0.717, 1.165) is 12.2 Å². The fraction of sp³-hybridized carbons (Fsp3) is 0.250. The number of hydrogen-bond acceptors (Lipinski definition) is 3. The van der Waals surface area contributed by atoms with E-state index in [-0.39, 0.29) is 57.3 Å². The van der Waals surface area contributed by atoms with Crippen molar-refractivity contribution in [3.05, 3.63) is 11.8 Å². The van der Waals surface area contributed by atoms with Crippen molar-refractivity contribution in [2.75, 3.05) is 0 Å². The summed E-state index contributed by atoms with van der Waals surface area (Å²) in [5.74, 6) is 0.525. The first-order valence-corrected chi connectivity index (χ1v) is 2.85. The Morgan fingerprint density at radius 1 is 1.78 bits per heavy atom. The quantitative estimate of drug-likeness (QED) is 0.250. The van der Waals surface area contributed by atoms with Gasteiger partial charge >= 0.3 is 51.4 Å². The Kier molecular flexibility index (Phi) is 5.28. The van der Waals surface area contributed by atoms with Gasteiger partial charge in [0, 0.05) is 6.08 Å². The zero-order valence-corrected chi connectivity index (χ0v) is 9.24. The zero-order valence-electron chi connectivity index (χ0n) is 5.30. The largest absolute Gasteiger partial charge is 1.00 e. The molecule has 0 aromatic rings. The normalized spacial score (nSPS) is 16.6. The van der Waals surface area contributed by atoms with E-state index in [0.29, 0.717) is 5.76 Å². The van der Waals surface area contributed by atoms with Crippen LogP contribution in [0.4, 0.5) is 0 Å². The van der Waals surface area contributed by atoms with Crippen LogP contribution in [-0.2, 0) is 8.98 Å². The van der Waals surface area contributed by atoms with E-state index in [1.54, 1.807) is 6.92 Å². The average Bonchev–Trinajstić information content (AvgIpc) is 1.64.